The summed E-state index contributed by atoms with van der Waals surface area (Å²) in [4.78, 5) is 10.8. The molecule has 0 aliphatic heterocycles. The molecule has 0 fully saturated rings. The predicted octanol–water partition coefficient (Wildman–Crippen LogP) is 2.58. The summed E-state index contributed by atoms with van der Waals surface area (Å²) >= 11 is 5.72. The normalized spacial score (nSPS) is 14.1. The smallest absolute Gasteiger partial charge is 0.337 e. The van der Waals surface area contributed by atoms with E-state index in [0.29, 0.717) is 12.2 Å². The van der Waals surface area contributed by atoms with E-state index in [1.165, 1.54) is 12.1 Å². The Balaban J connectivity index is 2.80. The molecule has 0 saturated carbocycles. The molecular weight excluding hydrogens is 244 g/mol. The lowest BCUT2D eigenvalue weighted by Crippen LogP contribution is -2.31. The van der Waals surface area contributed by atoms with Crippen molar-refractivity contribution in [2.75, 3.05) is 6.61 Å². The molecule has 0 aliphatic carbocycles. The van der Waals surface area contributed by atoms with Gasteiger partial charge in [0.1, 0.15) is 12.4 Å². The molecule has 0 aromatic heterocycles. The Kier molecular flexibility index (Phi) is 4.37. The van der Waals surface area contributed by atoms with E-state index in [1.54, 1.807) is 13.0 Å². The van der Waals surface area contributed by atoms with Crippen LogP contribution < -0.4 is 4.74 Å². The van der Waals surface area contributed by atoms with Crippen molar-refractivity contribution < 1.29 is 19.7 Å². The summed E-state index contributed by atoms with van der Waals surface area (Å²) in [6.45, 7) is 3.60. The summed E-state index contributed by atoms with van der Waals surface area (Å²) in [5.41, 5.74) is -0.941. The number of ether oxygens (including phenoxy) is 1. The zero-order valence-corrected chi connectivity index (χ0v) is 10.5. The van der Waals surface area contributed by atoms with E-state index >= 15 is 0 Å². The molecule has 2 N–H and O–H groups in total. The van der Waals surface area contributed by atoms with Crippen molar-refractivity contribution in [3.05, 3.63) is 28.8 Å². The first-order valence-corrected chi connectivity index (χ1v) is 5.61. The molecule has 1 atom stereocenters. The highest BCUT2D eigenvalue weighted by Crippen LogP contribution is 2.23. The van der Waals surface area contributed by atoms with Crippen LogP contribution in [0.1, 0.15) is 30.6 Å². The molecule has 1 aromatic carbocycles. The Morgan fingerprint density at radius 2 is 2.18 bits per heavy atom. The SMILES string of the molecule is CCC(C)(O)COc1ccc(Cl)c(C(=O)O)c1. The quantitative estimate of drug-likeness (QED) is 0.852. The molecule has 0 heterocycles. The van der Waals surface area contributed by atoms with Crippen molar-refractivity contribution in [1.82, 2.24) is 0 Å². The van der Waals surface area contributed by atoms with Gasteiger partial charge in [-0.25, -0.2) is 4.79 Å². The van der Waals surface area contributed by atoms with Gasteiger partial charge < -0.3 is 14.9 Å². The predicted molar refractivity (Wildman–Crippen MR) is 64.8 cm³/mol. The monoisotopic (exact) mass is 258 g/mol. The molecule has 1 aromatic rings. The summed E-state index contributed by atoms with van der Waals surface area (Å²) in [5.74, 6) is -0.733. The standard InChI is InChI=1S/C12H15ClO4/c1-3-12(2,16)7-17-8-4-5-10(13)9(6-8)11(14)15/h4-6,16H,3,7H2,1-2H3,(H,14,15). The maximum atomic E-state index is 10.8. The largest absolute Gasteiger partial charge is 0.491 e. The third-order valence-electron chi connectivity index (χ3n) is 2.48. The Hall–Kier alpha value is -1.26. The van der Waals surface area contributed by atoms with Crippen LogP contribution in [0.25, 0.3) is 0 Å². The van der Waals surface area contributed by atoms with Crippen molar-refractivity contribution in [3.8, 4) is 5.75 Å². The molecule has 94 valence electrons. The van der Waals surface area contributed by atoms with Crippen LogP contribution in [0, 0.1) is 0 Å². The minimum absolute atomic E-state index is 0.0136. The van der Waals surface area contributed by atoms with Gasteiger partial charge in [0.25, 0.3) is 0 Å². The maximum Gasteiger partial charge on any atom is 0.337 e. The molecule has 5 heteroatoms. The van der Waals surface area contributed by atoms with Crippen LogP contribution in [0.15, 0.2) is 18.2 Å². The van der Waals surface area contributed by atoms with E-state index in [1.807, 2.05) is 6.92 Å². The van der Waals surface area contributed by atoms with Gasteiger partial charge in [-0.15, -0.1) is 0 Å². The van der Waals surface area contributed by atoms with E-state index in [0.717, 1.165) is 0 Å². The van der Waals surface area contributed by atoms with Crippen LogP contribution in [-0.4, -0.2) is 28.4 Å². The van der Waals surface area contributed by atoms with Crippen molar-refractivity contribution in [2.24, 2.45) is 0 Å². The van der Waals surface area contributed by atoms with E-state index in [9.17, 15) is 9.90 Å². The van der Waals surface area contributed by atoms with Crippen LogP contribution in [0.2, 0.25) is 5.02 Å². The number of hydrogen-bond donors (Lipinski definition) is 2. The Bertz CT molecular complexity index is 415. The molecule has 4 nitrogen and oxygen atoms in total. The van der Waals surface area contributed by atoms with Crippen molar-refractivity contribution in [3.63, 3.8) is 0 Å². The van der Waals surface area contributed by atoms with Gasteiger partial charge >= 0.3 is 5.97 Å². The van der Waals surface area contributed by atoms with Crippen LogP contribution in [0.4, 0.5) is 0 Å². The summed E-state index contributed by atoms with van der Waals surface area (Å²) < 4.78 is 5.34. The maximum absolute atomic E-state index is 10.8. The lowest BCUT2D eigenvalue weighted by atomic mass is 10.1. The molecule has 0 bridgehead atoms. The zero-order chi connectivity index (χ0) is 13.1. The van der Waals surface area contributed by atoms with Crippen LogP contribution in [-0.2, 0) is 0 Å². The first kappa shape index (κ1) is 13.8. The highest BCUT2D eigenvalue weighted by Gasteiger charge is 2.19. The third kappa shape index (κ3) is 3.91. The summed E-state index contributed by atoms with van der Waals surface area (Å²) in [6, 6.07) is 4.37. The fourth-order valence-corrected chi connectivity index (χ4v) is 1.30. The number of hydrogen-bond acceptors (Lipinski definition) is 3. The van der Waals surface area contributed by atoms with Gasteiger partial charge in [0.05, 0.1) is 16.2 Å². The highest BCUT2D eigenvalue weighted by atomic mass is 35.5. The first-order chi connectivity index (χ1) is 7.85. The van der Waals surface area contributed by atoms with Gasteiger partial charge in [-0.2, -0.15) is 0 Å². The number of aliphatic hydroxyl groups is 1. The summed E-state index contributed by atoms with van der Waals surface area (Å²) in [6.07, 6.45) is 0.548. The fourth-order valence-electron chi connectivity index (χ4n) is 1.10. The second-order valence-electron chi connectivity index (χ2n) is 4.09. The van der Waals surface area contributed by atoms with Gasteiger partial charge in [0.2, 0.25) is 0 Å². The third-order valence-corrected chi connectivity index (χ3v) is 2.81. The molecule has 0 aliphatic rings. The van der Waals surface area contributed by atoms with Crippen molar-refractivity contribution >= 4 is 17.6 Å². The Morgan fingerprint density at radius 1 is 1.53 bits per heavy atom. The molecule has 0 spiro atoms. The summed E-state index contributed by atoms with van der Waals surface area (Å²) in [7, 11) is 0. The number of benzene rings is 1. The van der Waals surface area contributed by atoms with Gasteiger partial charge in [-0.3, -0.25) is 0 Å². The highest BCUT2D eigenvalue weighted by molar-refractivity contribution is 6.33. The van der Waals surface area contributed by atoms with Gasteiger partial charge in [0.15, 0.2) is 0 Å². The van der Waals surface area contributed by atoms with Crippen LogP contribution >= 0.6 is 11.6 Å². The second-order valence-corrected chi connectivity index (χ2v) is 4.49. The van der Waals surface area contributed by atoms with Crippen LogP contribution in [0.5, 0.6) is 5.75 Å². The van der Waals surface area contributed by atoms with Gasteiger partial charge in [-0.05, 0) is 31.5 Å². The molecule has 1 rings (SSSR count). The van der Waals surface area contributed by atoms with Crippen molar-refractivity contribution in [1.29, 1.82) is 0 Å². The number of rotatable bonds is 5. The number of halogens is 1. The summed E-state index contributed by atoms with van der Waals surface area (Å²) in [5, 5.41) is 18.8. The second kappa shape index (κ2) is 5.38. The fraction of sp³-hybridized carbons (Fsp3) is 0.417. The molecule has 1 unspecified atom stereocenters. The average molecular weight is 259 g/mol. The number of aromatic carboxylic acids is 1. The molecule has 17 heavy (non-hydrogen) atoms. The zero-order valence-electron chi connectivity index (χ0n) is 9.74. The first-order valence-electron chi connectivity index (χ1n) is 5.24. The van der Waals surface area contributed by atoms with E-state index in [4.69, 9.17) is 21.4 Å². The molecule has 0 amide bonds. The van der Waals surface area contributed by atoms with Gasteiger partial charge in [0, 0.05) is 0 Å². The lowest BCUT2D eigenvalue weighted by molar-refractivity contribution is 0.00845. The average Bonchev–Trinajstić information content (AvgIpc) is 2.27. The Labute approximate surface area is 105 Å². The lowest BCUT2D eigenvalue weighted by Gasteiger charge is -2.21. The topological polar surface area (TPSA) is 66.8 Å². The Morgan fingerprint density at radius 3 is 2.71 bits per heavy atom. The minimum atomic E-state index is -1.11. The minimum Gasteiger partial charge on any atom is -0.491 e. The number of carboxylic acids is 1. The molecular formula is C12H15ClO4. The van der Waals surface area contributed by atoms with Crippen LogP contribution in [0.3, 0.4) is 0 Å². The number of carbonyl (C=O) groups is 1. The van der Waals surface area contributed by atoms with Crippen molar-refractivity contribution in [2.45, 2.75) is 25.9 Å². The molecule has 0 radical (unpaired) electrons. The number of carboxylic acid groups (broad SMARTS) is 1. The van der Waals surface area contributed by atoms with E-state index in [2.05, 4.69) is 0 Å². The molecule has 0 saturated heterocycles. The van der Waals surface area contributed by atoms with Gasteiger partial charge in [-0.1, -0.05) is 18.5 Å². The van der Waals surface area contributed by atoms with E-state index < -0.39 is 11.6 Å². The van der Waals surface area contributed by atoms with E-state index in [-0.39, 0.29) is 17.2 Å².